The Balaban J connectivity index is 2.59. The Morgan fingerprint density at radius 2 is 2.43 bits per heavy atom. The van der Waals surface area contributed by atoms with E-state index in [0.29, 0.717) is 5.88 Å². The number of rotatable bonds is 4. The number of ether oxygens (including phenoxy) is 1. The molecule has 1 aromatic heterocycles. The number of carboxylic acids is 1. The van der Waals surface area contributed by atoms with E-state index < -0.39 is 5.97 Å². The molecule has 4 heteroatoms. The lowest BCUT2D eigenvalue weighted by Gasteiger charge is -1.97. The van der Waals surface area contributed by atoms with Gasteiger partial charge in [-0.1, -0.05) is 12.2 Å². The maximum atomic E-state index is 10.2. The smallest absolute Gasteiger partial charge is 0.307 e. The van der Waals surface area contributed by atoms with Crippen LogP contribution < -0.4 is 4.74 Å². The highest BCUT2D eigenvalue weighted by Gasteiger charge is 1.92. The Morgan fingerprint density at radius 1 is 1.64 bits per heavy atom. The van der Waals surface area contributed by atoms with E-state index in [1.165, 1.54) is 0 Å². The van der Waals surface area contributed by atoms with Crippen LogP contribution in [0, 0.1) is 0 Å². The molecule has 0 saturated heterocycles. The average molecular weight is 193 g/mol. The second-order valence-corrected chi connectivity index (χ2v) is 2.63. The van der Waals surface area contributed by atoms with Gasteiger partial charge in [-0.25, -0.2) is 4.98 Å². The molecule has 0 aliphatic heterocycles. The van der Waals surface area contributed by atoms with Crippen molar-refractivity contribution in [3.05, 3.63) is 30.0 Å². The summed E-state index contributed by atoms with van der Waals surface area (Å²) in [5.41, 5.74) is 0.854. The molecule has 0 unspecified atom stereocenters. The second-order valence-electron chi connectivity index (χ2n) is 2.63. The van der Waals surface area contributed by atoms with Crippen LogP contribution in [0.4, 0.5) is 0 Å². The molecule has 0 aliphatic carbocycles. The number of hydrogen-bond acceptors (Lipinski definition) is 3. The molecule has 0 atom stereocenters. The van der Waals surface area contributed by atoms with Crippen LogP contribution in [0.2, 0.25) is 0 Å². The summed E-state index contributed by atoms with van der Waals surface area (Å²) < 4.78 is 4.88. The molecule has 0 amide bonds. The van der Waals surface area contributed by atoms with Crippen molar-refractivity contribution in [2.75, 3.05) is 7.11 Å². The lowest BCUT2D eigenvalue weighted by molar-refractivity contribution is -0.135. The molecule has 1 rings (SSSR count). The van der Waals surface area contributed by atoms with E-state index in [-0.39, 0.29) is 6.42 Å². The standard InChI is InChI=1S/C10H11NO3/c1-14-9-6-5-8(7-11-9)3-2-4-10(12)13/h2-3,5-7H,4H2,1H3,(H,12,13). The molecule has 0 saturated carbocycles. The second kappa shape index (κ2) is 5.01. The Kier molecular flexibility index (Phi) is 3.67. The van der Waals surface area contributed by atoms with Gasteiger partial charge in [0, 0.05) is 12.3 Å². The van der Waals surface area contributed by atoms with Crippen molar-refractivity contribution in [3.63, 3.8) is 0 Å². The molecule has 0 radical (unpaired) electrons. The van der Waals surface area contributed by atoms with Crippen molar-refractivity contribution in [2.45, 2.75) is 6.42 Å². The highest BCUT2D eigenvalue weighted by molar-refractivity contribution is 5.70. The van der Waals surface area contributed by atoms with Gasteiger partial charge >= 0.3 is 5.97 Å². The summed E-state index contributed by atoms with van der Waals surface area (Å²) in [6.45, 7) is 0. The first kappa shape index (κ1) is 10.2. The molecular formula is C10H11NO3. The lowest BCUT2D eigenvalue weighted by atomic mass is 10.2. The van der Waals surface area contributed by atoms with E-state index in [2.05, 4.69) is 4.98 Å². The van der Waals surface area contributed by atoms with Gasteiger partial charge in [-0.2, -0.15) is 0 Å². The van der Waals surface area contributed by atoms with Crippen LogP contribution in [-0.2, 0) is 4.79 Å². The van der Waals surface area contributed by atoms with Crippen LogP contribution in [0.3, 0.4) is 0 Å². The fourth-order valence-electron chi connectivity index (χ4n) is 0.907. The van der Waals surface area contributed by atoms with Gasteiger partial charge in [0.2, 0.25) is 5.88 Å². The number of carboxylic acid groups (broad SMARTS) is 1. The van der Waals surface area contributed by atoms with Crippen LogP contribution in [0.5, 0.6) is 5.88 Å². The Bertz CT molecular complexity index is 330. The van der Waals surface area contributed by atoms with E-state index in [9.17, 15) is 4.79 Å². The number of hydrogen-bond donors (Lipinski definition) is 1. The van der Waals surface area contributed by atoms with Crippen LogP contribution in [0.1, 0.15) is 12.0 Å². The molecule has 0 aromatic carbocycles. The summed E-state index contributed by atoms with van der Waals surface area (Å²) in [5, 5.41) is 8.39. The van der Waals surface area contributed by atoms with Crippen LogP contribution in [0.15, 0.2) is 24.4 Å². The number of nitrogens with zero attached hydrogens (tertiary/aromatic N) is 1. The fourth-order valence-corrected chi connectivity index (χ4v) is 0.907. The molecule has 14 heavy (non-hydrogen) atoms. The van der Waals surface area contributed by atoms with Crippen molar-refractivity contribution in [1.29, 1.82) is 0 Å². The van der Waals surface area contributed by atoms with Gasteiger partial charge in [0.05, 0.1) is 13.5 Å². The maximum Gasteiger partial charge on any atom is 0.307 e. The van der Waals surface area contributed by atoms with Gasteiger partial charge in [0.1, 0.15) is 0 Å². The van der Waals surface area contributed by atoms with Crippen LogP contribution in [0.25, 0.3) is 6.08 Å². The van der Waals surface area contributed by atoms with E-state index in [4.69, 9.17) is 9.84 Å². The third kappa shape index (κ3) is 3.26. The quantitative estimate of drug-likeness (QED) is 0.788. The van der Waals surface area contributed by atoms with Crippen molar-refractivity contribution in [2.24, 2.45) is 0 Å². The topological polar surface area (TPSA) is 59.4 Å². The third-order valence-electron chi connectivity index (χ3n) is 1.57. The van der Waals surface area contributed by atoms with Gasteiger partial charge in [0.15, 0.2) is 0 Å². The number of carbonyl (C=O) groups is 1. The first-order valence-corrected chi connectivity index (χ1v) is 4.11. The van der Waals surface area contributed by atoms with E-state index in [1.807, 2.05) is 6.07 Å². The normalized spacial score (nSPS) is 10.4. The van der Waals surface area contributed by atoms with Crippen LogP contribution >= 0.6 is 0 Å². The van der Waals surface area contributed by atoms with Gasteiger partial charge in [-0.3, -0.25) is 4.79 Å². The summed E-state index contributed by atoms with van der Waals surface area (Å²) in [6.07, 6.45) is 4.93. The zero-order valence-corrected chi connectivity index (χ0v) is 7.80. The van der Waals surface area contributed by atoms with E-state index in [0.717, 1.165) is 5.56 Å². The number of aliphatic carboxylic acids is 1. The van der Waals surface area contributed by atoms with Gasteiger partial charge in [-0.05, 0) is 11.6 Å². The first-order chi connectivity index (χ1) is 6.72. The van der Waals surface area contributed by atoms with Crippen molar-refractivity contribution >= 4 is 12.0 Å². The molecule has 4 nitrogen and oxygen atoms in total. The van der Waals surface area contributed by atoms with Gasteiger partial charge in [0.25, 0.3) is 0 Å². The summed E-state index contributed by atoms with van der Waals surface area (Å²) >= 11 is 0. The van der Waals surface area contributed by atoms with Crippen molar-refractivity contribution < 1.29 is 14.6 Å². The van der Waals surface area contributed by atoms with Crippen LogP contribution in [-0.4, -0.2) is 23.2 Å². The zero-order valence-electron chi connectivity index (χ0n) is 7.80. The highest BCUT2D eigenvalue weighted by Crippen LogP contribution is 2.08. The minimum Gasteiger partial charge on any atom is -0.481 e. The van der Waals surface area contributed by atoms with E-state index in [1.54, 1.807) is 31.5 Å². The summed E-state index contributed by atoms with van der Waals surface area (Å²) in [6, 6.07) is 3.53. The molecule has 0 aliphatic rings. The molecular weight excluding hydrogens is 182 g/mol. The molecule has 0 bridgehead atoms. The first-order valence-electron chi connectivity index (χ1n) is 4.11. The van der Waals surface area contributed by atoms with Gasteiger partial charge < -0.3 is 9.84 Å². The molecule has 1 aromatic rings. The summed E-state index contributed by atoms with van der Waals surface area (Å²) in [7, 11) is 1.54. The zero-order chi connectivity index (χ0) is 10.4. The minimum absolute atomic E-state index is 0.0199. The van der Waals surface area contributed by atoms with E-state index >= 15 is 0 Å². The van der Waals surface area contributed by atoms with Crippen molar-refractivity contribution in [1.82, 2.24) is 4.98 Å². The summed E-state index contributed by atoms with van der Waals surface area (Å²) in [4.78, 5) is 14.2. The third-order valence-corrected chi connectivity index (χ3v) is 1.57. The Labute approximate surface area is 81.9 Å². The predicted molar refractivity (Wildman–Crippen MR) is 52.1 cm³/mol. The fraction of sp³-hybridized carbons (Fsp3) is 0.200. The molecule has 74 valence electrons. The summed E-state index contributed by atoms with van der Waals surface area (Å²) in [5.74, 6) is -0.303. The maximum absolute atomic E-state index is 10.2. The van der Waals surface area contributed by atoms with Crippen molar-refractivity contribution in [3.8, 4) is 5.88 Å². The van der Waals surface area contributed by atoms with Gasteiger partial charge in [-0.15, -0.1) is 0 Å². The largest absolute Gasteiger partial charge is 0.481 e. The Morgan fingerprint density at radius 3 is 2.93 bits per heavy atom. The molecule has 0 spiro atoms. The molecule has 1 heterocycles. The average Bonchev–Trinajstić information content (AvgIpc) is 2.18. The Hall–Kier alpha value is -1.84. The number of pyridine rings is 1. The SMILES string of the molecule is COc1ccc(C=CCC(=O)O)cn1. The monoisotopic (exact) mass is 193 g/mol. The molecule has 0 fully saturated rings. The highest BCUT2D eigenvalue weighted by atomic mass is 16.5. The lowest BCUT2D eigenvalue weighted by Crippen LogP contribution is -1.90. The number of methoxy groups -OCH3 is 1. The number of aromatic nitrogens is 1. The molecule has 1 N–H and O–H groups in total. The minimum atomic E-state index is -0.845. The predicted octanol–water partition coefficient (Wildman–Crippen LogP) is 1.58.